The molecule has 0 saturated carbocycles. The van der Waals surface area contributed by atoms with Crippen LogP contribution in [0.1, 0.15) is 20.3 Å². The van der Waals surface area contributed by atoms with Gasteiger partial charge in [-0.15, -0.1) is 0 Å². The van der Waals surface area contributed by atoms with Crippen LogP contribution in [0.2, 0.25) is 0 Å². The van der Waals surface area contributed by atoms with Crippen molar-refractivity contribution in [2.45, 2.75) is 26.5 Å². The first-order valence-electron chi connectivity index (χ1n) is 5.18. The summed E-state index contributed by atoms with van der Waals surface area (Å²) in [5.41, 5.74) is 1.33. The van der Waals surface area contributed by atoms with E-state index in [1.165, 1.54) is 3.57 Å². The molecule has 1 atom stereocenters. The minimum Gasteiger partial charge on any atom is -0.374 e. The second kappa shape index (κ2) is 3.94. The average molecular weight is 317 g/mol. The number of hydrogen-bond donors (Lipinski definition) is 1. The van der Waals surface area contributed by atoms with E-state index in [9.17, 15) is 5.11 Å². The summed E-state index contributed by atoms with van der Waals surface area (Å²) < 4.78 is 1.23. The topological polar surface area (TPSA) is 23.5 Å². The lowest BCUT2D eigenvalue weighted by Gasteiger charge is -2.23. The minimum atomic E-state index is -0.333. The molecule has 0 amide bonds. The number of rotatable bonds is 1. The van der Waals surface area contributed by atoms with Crippen molar-refractivity contribution in [1.82, 2.24) is 0 Å². The third-order valence-corrected chi connectivity index (χ3v) is 3.57. The van der Waals surface area contributed by atoms with E-state index >= 15 is 0 Å². The molecular weight excluding hydrogens is 301 g/mol. The highest BCUT2D eigenvalue weighted by Crippen LogP contribution is 2.35. The summed E-state index contributed by atoms with van der Waals surface area (Å²) in [6.45, 7) is 5.32. The van der Waals surface area contributed by atoms with Crippen LogP contribution in [0.5, 0.6) is 0 Å². The van der Waals surface area contributed by atoms with Crippen molar-refractivity contribution in [2.75, 3.05) is 11.4 Å². The van der Waals surface area contributed by atoms with Crippen LogP contribution in [0.15, 0.2) is 24.3 Å². The Hall–Kier alpha value is -0.290. The van der Waals surface area contributed by atoms with Gasteiger partial charge in [0.15, 0.2) is 0 Å². The van der Waals surface area contributed by atoms with Crippen molar-refractivity contribution < 1.29 is 5.11 Å². The molecule has 2 nitrogen and oxygen atoms in total. The SMILES string of the molecule is CC1(C)CC(O)N(c2ccc(I)cc2)C1. The van der Waals surface area contributed by atoms with Crippen LogP contribution in [-0.4, -0.2) is 17.9 Å². The fraction of sp³-hybridized carbons (Fsp3) is 0.500. The third kappa shape index (κ3) is 2.45. The molecule has 0 aliphatic carbocycles. The lowest BCUT2D eigenvalue weighted by molar-refractivity contribution is 0.169. The third-order valence-electron chi connectivity index (χ3n) is 2.85. The van der Waals surface area contributed by atoms with Crippen molar-refractivity contribution in [2.24, 2.45) is 5.41 Å². The Kier molecular flexibility index (Phi) is 2.94. The number of nitrogens with zero attached hydrogens (tertiary/aromatic N) is 1. The van der Waals surface area contributed by atoms with Crippen LogP contribution in [0.4, 0.5) is 5.69 Å². The summed E-state index contributed by atoms with van der Waals surface area (Å²) in [6, 6.07) is 8.31. The number of benzene rings is 1. The van der Waals surface area contributed by atoms with E-state index < -0.39 is 0 Å². The molecule has 2 rings (SSSR count). The Bertz CT molecular complexity index is 347. The molecule has 1 aliphatic heterocycles. The molecule has 0 radical (unpaired) electrons. The van der Waals surface area contributed by atoms with Gasteiger partial charge < -0.3 is 10.0 Å². The molecule has 0 bridgehead atoms. The number of aliphatic hydroxyl groups is 1. The number of aliphatic hydroxyl groups excluding tert-OH is 1. The summed E-state index contributed by atoms with van der Waals surface area (Å²) >= 11 is 2.29. The first kappa shape index (κ1) is 11.2. The maximum atomic E-state index is 9.97. The van der Waals surface area contributed by atoms with Crippen LogP contribution in [0.25, 0.3) is 0 Å². The fourth-order valence-electron chi connectivity index (χ4n) is 2.13. The van der Waals surface area contributed by atoms with Gasteiger partial charge in [0.05, 0.1) is 0 Å². The van der Waals surface area contributed by atoms with Gasteiger partial charge in [-0.1, -0.05) is 13.8 Å². The Morgan fingerprint density at radius 1 is 1.33 bits per heavy atom. The maximum Gasteiger partial charge on any atom is 0.127 e. The first-order valence-corrected chi connectivity index (χ1v) is 6.26. The van der Waals surface area contributed by atoms with E-state index in [2.05, 4.69) is 65.6 Å². The largest absolute Gasteiger partial charge is 0.374 e. The molecule has 1 aromatic carbocycles. The van der Waals surface area contributed by atoms with E-state index in [1.807, 2.05) is 0 Å². The van der Waals surface area contributed by atoms with Crippen molar-refractivity contribution in [3.63, 3.8) is 0 Å². The Morgan fingerprint density at radius 3 is 2.40 bits per heavy atom. The second-order valence-electron chi connectivity index (χ2n) is 4.95. The zero-order valence-corrected chi connectivity index (χ0v) is 11.2. The zero-order chi connectivity index (χ0) is 11.1. The summed E-state index contributed by atoms with van der Waals surface area (Å²) in [7, 11) is 0. The van der Waals surface area contributed by atoms with Gasteiger partial charge in [-0.3, -0.25) is 0 Å². The molecule has 1 saturated heterocycles. The van der Waals surface area contributed by atoms with Crippen molar-refractivity contribution in [3.8, 4) is 0 Å². The molecule has 1 heterocycles. The van der Waals surface area contributed by atoms with Crippen molar-refractivity contribution >= 4 is 28.3 Å². The highest BCUT2D eigenvalue weighted by Gasteiger charge is 2.36. The molecule has 1 unspecified atom stereocenters. The molecule has 15 heavy (non-hydrogen) atoms. The van der Waals surface area contributed by atoms with Crippen LogP contribution in [0.3, 0.4) is 0 Å². The Morgan fingerprint density at radius 2 is 1.93 bits per heavy atom. The molecule has 1 aliphatic rings. The molecule has 82 valence electrons. The van der Waals surface area contributed by atoms with E-state index in [1.54, 1.807) is 0 Å². The van der Waals surface area contributed by atoms with E-state index in [-0.39, 0.29) is 11.6 Å². The van der Waals surface area contributed by atoms with Gasteiger partial charge in [-0.25, -0.2) is 0 Å². The van der Waals surface area contributed by atoms with Crippen molar-refractivity contribution in [1.29, 1.82) is 0 Å². The van der Waals surface area contributed by atoms with Gasteiger partial charge in [0.2, 0.25) is 0 Å². The second-order valence-corrected chi connectivity index (χ2v) is 6.20. The highest BCUT2D eigenvalue weighted by molar-refractivity contribution is 14.1. The number of hydrogen-bond acceptors (Lipinski definition) is 2. The Balaban J connectivity index is 2.21. The molecule has 0 aromatic heterocycles. The van der Waals surface area contributed by atoms with Crippen LogP contribution >= 0.6 is 22.6 Å². The standard InChI is InChI=1S/C12H16INO/c1-12(2)7-11(15)14(8-12)10-5-3-9(13)4-6-10/h3-6,11,15H,7-8H2,1-2H3. The lowest BCUT2D eigenvalue weighted by atomic mass is 9.93. The Labute approximate surface area is 104 Å². The van der Waals surface area contributed by atoms with Gasteiger partial charge in [-0.05, 0) is 58.7 Å². The first-order chi connectivity index (χ1) is 6.98. The van der Waals surface area contributed by atoms with Gasteiger partial charge in [-0.2, -0.15) is 0 Å². The number of halogens is 1. The van der Waals surface area contributed by atoms with Crippen LogP contribution < -0.4 is 4.90 Å². The number of anilines is 1. The van der Waals surface area contributed by atoms with Gasteiger partial charge in [0.25, 0.3) is 0 Å². The summed E-state index contributed by atoms with van der Waals surface area (Å²) in [4.78, 5) is 2.08. The molecule has 1 aromatic rings. The average Bonchev–Trinajstić information content (AvgIpc) is 2.41. The van der Waals surface area contributed by atoms with Gasteiger partial charge >= 0.3 is 0 Å². The normalized spacial score (nSPS) is 24.5. The smallest absolute Gasteiger partial charge is 0.127 e. The monoisotopic (exact) mass is 317 g/mol. The lowest BCUT2D eigenvalue weighted by Crippen LogP contribution is -2.29. The molecule has 1 N–H and O–H groups in total. The summed E-state index contributed by atoms with van der Waals surface area (Å²) in [5.74, 6) is 0. The summed E-state index contributed by atoms with van der Waals surface area (Å²) in [6.07, 6.45) is 0.513. The predicted molar refractivity (Wildman–Crippen MR) is 70.9 cm³/mol. The van der Waals surface area contributed by atoms with Crippen molar-refractivity contribution in [3.05, 3.63) is 27.8 Å². The molecule has 0 spiro atoms. The maximum absolute atomic E-state index is 9.97. The summed E-state index contributed by atoms with van der Waals surface area (Å²) in [5, 5.41) is 9.97. The van der Waals surface area contributed by atoms with E-state index in [4.69, 9.17) is 0 Å². The van der Waals surface area contributed by atoms with Crippen LogP contribution in [-0.2, 0) is 0 Å². The molecule has 1 fully saturated rings. The molecular formula is C12H16INO. The van der Waals surface area contributed by atoms with E-state index in [0.717, 1.165) is 18.7 Å². The van der Waals surface area contributed by atoms with E-state index in [0.29, 0.717) is 0 Å². The molecule has 3 heteroatoms. The predicted octanol–water partition coefficient (Wildman–Crippen LogP) is 2.85. The minimum absolute atomic E-state index is 0.211. The van der Waals surface area contributed by atoms with Gasteiger partial charge in [0, 0.05) is 15.8 Å². The van der Waals surface area contributed by atoms with Gasteiger partial charge in [0.1, 0.15) is 6.23 Å². The highest BCUT2D eigenvalue weighted by atomic mass is 127. The fourth-order valence-corrected chi connectivity index (χ4v) is 2.49. The zero-order valence-electron chi connectivity index (χ0n) is 9.07. The quantitative estimate of drug-likeness (QED) is 0.805. The van der Waals surface area contributed by atoms with Crippen LogP contribution in [0, 0.1) is 8.99 Å².